The summed E-state index contributed by atoms with van der Waals surface area (Å²) in [5.41, 5.74) is 0.883. The van der Waals surface area contributed by atoms with Crippen LogP contribution in [-0.2, 0) is 17.4 Å². The standard InChI is InChI=1S/C20H21F3N4O3/c1-4-7-30-16-6-5-13(20(21,22)23)8-15(16)25-18(28)9-14-11(2)24-17-10-19(29)26-27(17)12(14)3/h5-6,8,10H,4,7,9H2,1-3H3,(H,25,28)(H,26,29). The fraction of sp³-hybridized carbons (Fsp3) is 0.350. The molecule has 2 N–H and O–H groups in total. The van der Waals surface area contributed by atoms with Crippen LogP contribution >= 0.6 is 0 Å². The predicted molar refractivity (Wildman–Crippen MR) is 105 cm³/mol. The molecule has 2 heterocycles. The van der Waals surface area contributed by atoms with E-state index in [0.717, 1.165) is 12.1 Å². The van der Waals surface area contributed by atoms with Crippen LogP contribution in [0.1, 0.15) is 35.9 Å². The number of H-pyrrole nitrogens is 1. The van der Waals surface area contributed by atoms with Gasteiger partial charge in [0.15, 0.2) is 5.65 Å². The predicted octanol–water partition coefficient (Wildman–Crippen LogP) is 3.63. The third-order valence-corrected chi connectivity index (χ3v) is 4.58. The average Bonchev–Trinajstić information content (AvgIpc) is 3.03. The average molecular weight is 422 g/mol. The van der Waals surface area contributed by atoms with Crippen LogP contribution in [0.2, 0.25) is 0 Å². The molecule has 0 saturated carbocycles. The second-order valence-electron chi connectivity index (χ2n) is 6.86. The number of carbonyl (C=O) groups excluding carboxylic acids is 1. The quantitative estimate of drug-likeness (QED) is 0.635. The number of rotatable bonds is 6. The van der Waals surface area contributed by atoms with Gasteiger partial charge in [0.2, 0.25) is 5.91 Å². The van der Waals surface area contributed by atoms with Crippen molar-refractivity contribution in [1.82, 2.24) is 14.6 Å². The lowest BCUT2D eigenvalue weighted by molar-refractivity contribution is -0.137. The summed E-state index contributed by atoms with van der Waals surface area (Å²) in [7, 11) is 0. The fourth-order valence-corrected chi connectivity index (χ4v) is 3.11. The molecule has 0 aliphatic rings. The molecule has 0 atom stereocenters. The molecule has 0 unspecified atom stereocenters. The van der Waals surface area contributed by atoms with Crippen LogP contribution in [0.3, 0.4) is 0 Å². The van der Waals surface area contributed by atoms with E-state index in [1.807, 2.05) is 6.92 Å². The van der Waals surface area contributed by atoms with Crippen molar-refractivity contribution < 1.29 is 22.7 Å². The first-order valence-corrected chi connectivity index (χ1v) is 9.32. The van der Waals surface area contributed by atoms with E-state index in [4.69, 9.17) is 4.74 Å². The first-order chi connectivity index (χ1) is 14.1. The Bertz CT molecular complexity index is 1150. The van der Waals surface area contributed by atoms with E-state index in [1.165, 1.54) is 16.6 Å². The molecule has 30 heavy (non-hydrogen) atoms. The van der Waals surface area contributed by atoms with E-state index < -0.39 is 17.6 Å². The molecule has 0 bridgehead atoms. The Morgan fingerprint density at radius 3 is 2.67 bits per heavy atom. The van der Waals surface area contributed by atoms with Gasteiger partial charge in [-0.25, -0.2) is 9.50 Å². The fourth-order valence-electron chi connectivity index (χ4n) is 3.11. The molecule has 0 saturated heterocycles. The molecule has 7 nitrogen and oxygen atoms in total. The highest BCUT2D eigenvalue weighted by Gasteiger charge is 2.31. The largest absolute Gasteiger partial charge is 0.491 e. The van der Waals surface area contributed by atoms with Crippen molar-refractivity contribution in [3.63, 3.8) is 0 Å². The van der Waals surface area contributed by atoms with E-state index in [2.05, 4.69) is 15.4 Å². The Morgan fingerprint density at radius 2 is 2.00 bits per heavy atom. The third-order valence-electron chi connectivity index (χ3n) is 4.58. The second-order valence-corrected chi connectivity index (χ2v) is 6.86. The molecular formula is C20H21F3N4O3. The van der Waals surface area contributed by atoms with Crippen LogP contribution in [0.5, 0.6) is 5.75 Å². The molecule has 0 fully saturated rings. The maximum Gasteiger partial charge on any atom is 0.416 e. The number of halogens is 3. The number of benzene rings is 1. The number of hydrogen-bond acceptors (Lipinski definition) is 4. The van der Waals surface area contributed by atoms with Crippen LogP contribution in [0.15, 0.2) is 29.1 Å². The molecule has 1 aromatic carbocycles. The number of hydrogen-bond donors (Lipinski definition) is 2. The van der Waals surface area contributed by atoms with Crippen molar-refractivity contribution in [3.8, 4) is 5.75 Å². The van der Waals surface area contributed by atoms with Gasteiger partial charge in [-0.2, -0.15) is 13.2 Å². The first kappa shape index (κ1) is 21.4. The minimum Gasteiger partial charge on any atom is -0.491 e. The topological polar surface area (TPSA) is 88.5 Å². The van der Waals surface area contributed by atoms with Crippen LogP contribution < -0.4 is 15.6 Å². The zero-order valence-corrected chi connectivity index (χ0v) is 16.7. The minimum absolute atomic E-state index is 0.0537. The zero-order valence-electron chi connectivity index (χ0n) is 16.7. The van der Waals surface area contributed by atoms with Gasteiger partial charge in [-0.05, 0) is 38.5 Å². The lowest BCUT2D eigenvalue weighted by Crippen LogP contribution is -2.19. The van der Waals surface area contributed by atoms with Crippen LogP contribution in [0.4, 0.5) is 18.9 Å². The highest BCUT2D eigenvalue weighted by atomic mass is 19.4. The molecule has 1 amide bonds. The number of carbonyl (C=O) groups is 1. The lowest BCUT2D eigenvalue weighted by Gasteiger charge is -2.16. The molecule has 3 rings (SSSR count). The summed E-state index contributed by atoms with van der Waals surface area (Å²) in [6.45, 7) is 5.59. The van der Waals surface area contributed by atoms with E-state index in [0.29, 0.717) is 35.6 Å². The Labute approximate surface area is 169 Å². The maximum atomic E-state index is 13.1. The number of nitrogens with one attached hydrogen (secondary N) is 2. The number of nitrogens with zero attached hydrogens (tertiary/aromatic N) is 2. The van der Waals surface area contributed by atoms with Gasteiger partial charge in [-0.15, -0.1) is 0 Å². The normalized spacial score (nSPS) is 11.7. The molecule has 0 radical (unpaired) electrons. The van der Waals surface area contributed by atoms with E-state index in [1.54, 1.807) is 13.8 Å². The highest BCUT2D eigenvalue weighted by molar-refractivity contribution is 5.94. The number of aromatic nitrogens is 3. The molecule has 0 aliphatic carbocycles. The number of amides is 1. The third kappa shape index (κ3) is 4.47. The number of ether oxygens (including phenoxy) is 1. The molecule has 0 spiro atoms. The Kier molecular flexibility index (Phi) is 5.86. The van der Waals surface area contributed by atoms with Gasteiger partial charge in [0.25, 0.3) is 5.56 Å². The summed E-state index contributed by atoms with van der Waals surface area (Å²) < 4.78 is 46.2. The van der Waals surface area contributed by atoms with Crippen molar-refractivity contribution in [2.24, 2.45) is 0 Å². The summed E-state index contributed by atoms with van der Waals surface area (Å²) in [6.07, 6.45) is -4.02. The maximum absolute atomic E-state index is 13.1. The summed E-state index contributed by atoms with van der Waals surface area (Å²) >= 11 is 0. The van der Waals surface area contributed by atoms with E-state index in [9.17, 15) is 22.8 Å². The van der Waals surface area contributed by atoms with Gasteiger partial charge >= 0.3 is 6.18 Å². The van der Waals surface area contributed by atoms with Crippen molar-refractivity contribution in [3.05, 3.63) is 57.1 Å². The smallest absolute Gasteiger partial charge is 0.416 e. The van der Waals surface area contributed by atoms with Crippen LogP contribution in [-0.4, -0.2) is 27.1 Å². The van der Waals surface area contributed by atoms with Crippen molar-refractivity contribution >= 4 is 17.2 Å². The lowest BCUT2D eigenvalue weighted by atomic mass is 10.1. The Balaban J connectivity index is 1.90. The molecule has 160 valence electrons. The Morgan fingerprint density at radius 1 is 1.27 bits per heavy atom. The van der Waals surface area contributed by atoms with Crippen molar-refractivity contribution in [2.45, 2.75) is 39.8 Å². The zero-order chi connectivity index (χ0) is 22.1. The van der Waals surface area contributed by atoms with Gasteiger partial charge in [-0.3, -0.25) is 14.7 Å². The summed E-state index contributed by atoms with van der Waals surface area (Å²) in [5.74, 6) is -0.368. The number of fused-ring (bicyclic) bond motifs is 1. The first-order valence-electron chi connectivity index (χ1n) is 9.32. The Hall–Kier alpha value is -3.30. The molecule has 0 aliphatic heterocycles. The molecule has 10 heteroatoms. The monoisotopic (exact) mass is 422 g/mol. The summed E-state index contributed by atoms with van der Waals surface area (Å²) in [5, 5.41) is 5.11. The van der Waals surface area contributed by atoms with Crippen LogP contribution in [0, 0.1) is 13.8 Å². The number of aryl methyl sites for hydroxylation is 2. The number of alkyl halides is 3. The van der Waals surface area contributed by atoms with E-state index in [-0.39, 0.29) is 23.4 Å². The number of aromatic amines is 1. The molecule has 2 aromatic heterocycles. The van der Waals surface area contributed by atoms with Crippen molar-refractivity contribution in [1.29, 1.82) is 0 Å². The number of anilines is 1. The molecular weight excluding hydrogens is 401 g/mol. The van der Waals surface area contributed by atoms with Gasteiger partial charge < -0.3 is 10.1 Å². The highest BCUT2D eigenvalue weighted by Crippen LogP contribution is 2.35. The summed E-state index contributed by atoms with van der Waals surface area (Å²) in [4.78, 5) is 28.5. The summed E-state index contributed by atoms with van der Waals surface area (Å²) in [6, 6.07) is 4.30. The molecule has 3 aromatic rings. The second kappa shape index (κ2) is 8.21. The van der Waals surface area contributed by atoms with Gasteiger partial charge in [0.1, 0.15) is 5.75 Å². The van der Waals surface area contributed by atoms with E-state index >= 15 is 0 Å². The minimum atomic E-state index is -4.55. The van der Waals surface area contributed by atoms with Gasteiger partial charge in [0.05, 0.1) is 24.3 Å². The van der Waals surface area contributed by atoms with Crippen LogP contribution in [0.25, 0.3) is 5.65 Å². The van der Waals surface area contributed by atoms with Gasteiger partial charge in [0, 0.05) is 23.0 Å². The van der Waals surface area contributed by atoms with Crippen molar-refractivity contribution in [2.75, 3.05) is 11.9 Å². The SMILES string of the molecule is CCCOc1ccc(C(F)(F)F)cc1NC(=O)Cc1c(C)nc2cc(=O)[nH]n2c1C. The van der Waals surface area contributed by atoms with Gasteiger partial charge in [-0.1, -0.05) is 6.92 Å².